The molecule has 0 saturated heterocycles. The van der Waals surface area contributed by atoms with Crippen molar-refractivity contribution in [2.75, 3.05) is 17.1 Å². The second-order valence-corrected chi connectivity index (χ2v) is 6.72. The Balaban J connectivity index is 2.38. The monoisotopic (exact) mass is 375 g/mol. The Labute approximate surface area is 130 Å². The third kappa shape index (κ3) is 3.23. The van der Waals surface area contributed by atoms with Crippen molar-refractivity contribution in [3.8, 4) is 0 Å². The van der Waals surface area contributed by atoms with Crippen molar-refractivity contribution >= 4 is 49.1 Å². The van der Waals surface area contributed by atoms with E-state index in [2.05, 4.69) is 31.0 Å². The van der Waals surface area contributed by atoms with Crippen LogP contribution in [0, 0.1) is 0 Å². The minimum Gasteiger partial charge on any atom is -0.373 e. The Bertz CT molecular complexity index is 737. The highest BCUT2D eigenvalue weighted by molar-refractivity contribution is 9.10. The zero-order valence-electron chi connectivity index (χ0n) is 10.4. The largest absolute Gasteiger partial charge is 0.373 e. The minimum absolute atomic E-state index is 0.115. The normalized spacial score (nSPS) is 11.2. The second kappa shape index (κ2) is 5.99. The SMILES string of the molecule is CNc1cc(S(=O)(=O)Nc2cccc(Cl)c2Br)ccn1. The van der Waals surface area contributed by atoms with Gasteiger partial charge in [-0.25, -0.2) is 13.4 Å². The molecule has 0 radical (unpaired) electrons. The van der Waals surface area contributed by atoms with Gasteiger partial charge in [0, 0.05) is 19.3 Å². The van der Waals surface area contributed by atoms with Crippen molar-refractivity contribution < 1.29 is 8.42 Å². The molecule has 1 heterocycles. The van der Waals surface area contributed by atoms with Gasteiger partial charge in [-0.3, -0.25) is 4.72 Å². The molecule has 0 aliphatic carbocycles. The van der Waals surface area contributed by atoms with Crippen molar-refractivity contribution in [1.29, 1.82) is 0 Å². The summed E-state index contributed by atoms with van der Waals surface area (Å²) in [6.07, 6.45) is 1.42. The summed E-state index contributed by atoms with van der Waals surface area (Å²) in [6, 6.07) is 7.81. The number of hydrogen-bond acceptors (Lipinski definition) is 4. The topological polar surface area (TPSA) is 71.1 Å². The van der Waals surface area contributed by atoms with Crippen LogP contribution in [0.2, 0.25) is 5.02 Å². The average Bonchev–Trinajstić information content (AvgIpc) is 2.44. The number of aromatic nitrogens is 1. The summed E-state index contributed by atoms with van der Waals surface area (Å²) in [6.45, 7) is 0. The molecule has 0 aliphatic rings. The van der Waals surface area contributed by atoms with Crippen LogP contribution in [0.3, 0.4) is 0 Å². The standard InChI is InChI=1S/C12H11BrClN3O2S/c1-15-11-7-8(5-6-16-11)20(18,19)17-10-4-2-3-9(14)12(10)13/h2-7,17H,1H3,(H,15,16). The van der Waals surface area contributed by atoms with E-state index in [1.807, 2.05) is 0 Å². The summed E-state index contributed by atoms with van der Waals surface area (Å²) in [5.74, 6) is 0.470. The zero-order valence-corrected chi connectivity index (χ0v) is 13.6. The number of nitrogens with one attached hydrogen (secondary N) is 2. The molecule has 5 nitrogen and oxygen atoms in total. The van der Waals surface area contributed by atoms with E-state index >= 15 is 0 Å². The van der Waals surface area contributed by atoms with Crippen LogP contribution in [-0.2, 0) is 10.0 Å². The molecule has 0 aliphatic heterocycles. The third-order valence-corrected chi connectivity index (χ3v) is 5.25. The Hall–Kier alpha value is -1.31. The van der Waals surface area contributed by atoms with Gasteiger partial charge in [-0.05, 0) is 34.1 Å². The van der Waals surface area contributed by atoms with Crippen LogP contribution in [0.1, 0.15) is 0 Å². The molecule has 0 bridgehead atoms. The van der Waals surface area contributed by atoms with Crippen molar-refractivity contribution in [3.05, 3.63) is 46.0 Å². The number of benzene rings is 1. The van der Waals surface area contributed by atoms with Crippen LogP contribution in [-0.4, -0.2) is 20.4 Å². The lowest BCUT2D eigenvalue weighted by molar-refractivity contribution is 0.601. The first-order chi connectivity index (χ1) is 9.44. The number of sulfonamides is 1. The molecule has 0 spiro atoms. The maximum atomic E-state index is 12.3. The Morgan fingerprint density at radius 3 is 2.75 bits per heavy atom. The van der Waals surface area contributed by atoms with Gasteiger partial charge in [0.1, 0.15) is 5.82 Å². The highest BCUT2D eigenvalue weighted by atomic mass is 79.9. The van der Waals surface area contributed by atoms with E-state index in [0.717, 1.165) is 0 Å². The first-order valence-electron chi connectivity index (χ1n) is 5.54. The molecule has 0 unspecified atom stereocenters. The summed E-state index contributed by atoms with van der Waals surface area (Å²) in [5, 5.41) is 3.22. The van der Waals surface area contributed by atoms with Gasteiger partial charge in [-0.15, -0.1) is 0 Å². The van der Waals surface area contributed by atoms with E-state index in [1.165, 1.54) is 18.3 Å². The van der Waals surface area contributed by atoms with E-state index in [-0.39, 0.29) is 4.90 Å². The fraction of sp³-hybridized carbons (Fsp3) is 0.0833. The number of pyridine rings is 1. The first kappa shape index (κ1) is 15.1. The maximum absolute atomic E-state index is 12.3. The summed E-state index contributed by atoms with van der Waals surface area (Å²) in [5.41, 5.74) is 0.375. The molecule has 0 saturated carbocycles. The number of rotatable bonds is 4. The average molecular weight is 377 g/mol. The molecular weight excluding hydrogens is 366 g/mol. The van der Waals surface area contributed by atoms with Gasteiger partial charge in [0.05, 0.1) is 20.1 Å². The fourth-order valence-electron chi connectivity index (χ4n) is 1.50. The van der Waals surface area contributed by atoms with Crippen LogP contribution in [0.4, 0.5) is 11.5 Å². The molecule has 1 aromatic heterocycles. The molecule has 20 heavy (non-hydrogen) atoms. The quantitative estimate of drug-likeness (QED) is 0.858. The van der Waals surface area contributed by atoms with Gasteiger partial charge < -0.3 is 5.32 Å². The van der Waals surface area contributed by atoms with Crippen LogP contribution in [0.15, 0.2) is 45.9 Å². The molecule has 1 aromatic carbocycles. The summed E-state index contributed by atoms with van der Waals surface area (Å²) < 4.78 is 27.6. The lowest BCUT2D eigenvalue weighted by Crippen LogP contribution is -2.13. The lowest BCUT2D eigenvalue weighted by Gasteiger charge is -2.11. The van der Waals surface area contributed by atoms with Crippen molar-refractivity contribution in [2.45, 2.75) is 4.90 Å². The van der Waals surface area contributed by atoms with E-state index in [0.29, 0.717) is 21.0 Å². The van der Waals surface area contributed by atoms with Gasteiger partial charge in [0.15, 0.2) is 0 Å². The van der Waals surface area contributed by atoms with E-state index in [9.17, 15) is 8.42 Å². The smallest absolute Gasteiger partial charge is 0.262 e. The van der Waals surface area contributed by atoms with Crippen LogP contribution < -0.4 is 10.0 Å². The fourth-order valence-corrected chi connectivity index (χ4v) is 3.25. The first-order valence-corrected chi connectivity index (χ1v) is 8.20. The Kier molecular flexibility index (Phi) is 4.52. The van der Waals surface area contributed by atoms with Gasteiger partial charge in [-0.2, -0.15) is 0 Å². The van der Waals surface area contributed by atoms with Crippen LogP contribution >= 0.6 is 27.5 Å². The molecule has 0 fully saturated rings. The number of hydrogen-bond donors (Lipinski definition) is 2. The molecule has 2 aromatic rings. The molecule has 2 rings (SSSR count). The van der Waals surface area contributed by atoms with Crippen LogP contribution in [0.25, 0.3) is 0 Å². The summed E-state index contributed by atoms with van der Waals surface area (Å²) in [4.78, 5) is 4.09. The van der Waals surface area contributed by atoms with E-state index in [1.54, 1.807) is 25.2 Å². The number of anilines is 2. The molecule has 106 valence electrons. The van der Waals surface area contributed by atoms with Crippen molar-refractivity contribution in [3.63, 3.8) is 0 Å². The highest BCUT2D eigenvalue weighted by Gasteiger charge is 2.17. The number of nitrogens with zero attached hydrogens (tertiary/aromatic N) is 1. The summed E-state index contributed by atoms with van der Waals surface area (Å²) in [7, 11) is -2.04. The predicted molar refractivity (Wildman–Crippen MR) is 83.7 cm³/mol. The molecule has 8 heteroatoms. The van der Waals surface area contributed by atoms with E-state index < -0.39 is 10.0 Å². The van der Waals surface area contributed by atoms with Gasteiger partial charge in [0.2, 0.25) is 0 Å². The predicted octanol–water partition coefficient (Wildman–Crippen LogP) is 3.34. The van der Waals surface area contributed by atoms with E-state index in [4.69, 9.17) is 11.6 Å². The Morgan fingerprint density at radius 1 is 1.30 bits per heavy atom. The van der Waals surface area contributed by atoms with Crippen molar-refractivity contribution in [2.24, 2.45) is 0 Å². The lowest BCUT2D eigenvalue weighted by atomic mass is 10.3. The molecule has 0 amide bonds. The van der Waals surface area contributed by atoms with Crippen molar-refractivity contribution in [1.82, 2.24) is 4.98 Å². The maximum Gasteiger partial charge on any atom is 0.262 e. The highest BCUT2D eigenvalue weighted by Crippen LogP contribution is 2.31. The van der Waals surface area contributed by atoms with Crippen LogP contribution in [0.5, 0.6) is 0 Å². The molecular formula is C12H11BrClN3O2S. The Morgan fingerprint density at radius 2 is 2.05 bits per heavy atom. The van der Waals surface area contributed by atoms with Gasteiger partial charge >= 0.3 is 0 Å². The number of halogens is 2. The molecule has 2 N–H and O–H groups in total. The van der Waals surface area contributed by atoms with Gasteiger partial charge in [-0.1, -0.05) is 17.7 Å². The minimum atomic E-state index is -3.70. The molecule has 0 atom stereocenters. The second-order valence-electron chi connectivity index (χ2n) is 3.83. The zero-order chi connectivity index (χ0) is 14.8. The van der Waals surface area contributed by atoms with Gasteiger partial charge in [0.25, 0.3) is 10.0 Å². The summed E-state index contributed by atoms with van der Waals surface area (Å²) >= 11 is 9.18. The third-order valence-electron chi connectivity index (χ3n) is 2.49.